The molecule has 1 aliphatic carbocycles. The lowest BCUT2D eigenvalue weighted by molar-refractivity contribution is -0.146. The van der Waals surface area contributed by atoms with Gasteiger partial charge in [0.05, 0.1) is 0 Å². The van der Waals surface area contributed by atoms with Gasteiger partial charge in [-0.15, -0.1) is 0 Å². The Morgan fingerprint density at radius 1 is 1.41 bits per heavy atom. The van der Waals surface area contributed by atoms with Gasteiger partial charge in [0.15, 0.2) is 0 Å². The summed E-state index contributed by atoms with van der Waals surface area (Å²) in [5.74, 6) is -1.06. The molecule has 0 radical (unpaired) electrons. The summed E-state index contributed by atoms with van der Waals surface area (Å²) < 4.78 is 1.05. The second-order valence-corrected chi connectivity index (χ2v) is 5.87. The average Bonchev–Trinajstić information content (AvgIpc) is 2.50. The van der Waals surface area contributed by atoms with E-state index in [-0.39, 0.29) is 11.3 Å². The largest absolute Gasteiger partial charge is 0.480 e. The van der Waals surface area contributed by atoms with E-state index in [4.69, 9.17) is 0 Å². The molecule has 1 aromatic rings. The third kappa shape index (κ3) is 3.18. The van der Waals surface area contributed by atoms with Crippen LogP contribution in [-0.4, -0.2) is 32.3 Å². The fourth-order valence-corrected chi connectivity index (χ4v) is 2.88. The van der Waals surface area contributed by atoms with Crippen LogP contribution in [0.2, 0.25) is 0 Å². The van der Waals surface area contributed by atoms with E-state index >= 15 is 0 Å². The van der Waals surface area contributed by atoms with Crippen LogP contribution in [-0.2, 0) is 11.8 Å². The molecule has 22 heavy (non-hydrogen) atoms. The number of nitrogens with zero attached hydrogens (tertiary/aromatic N) is 2. The van der Waals surface area contributed by atoms with E-state index in [0.29, 0.717) is 18.8 Å². The van der Waals surface area contributed by atoms with Crippen LogP contribution in [0.3, 0.4) is 0 Å². The SMILES string of the molecule is CCC1CCC(NC(=O)c2ccc(=O)n(C)n2)(C(=O)O)CC1. The van der Waals surface area contributed by atoms with Gasteiger partial charge < -0.3 is 10.4 Å². The molecule has 1 aliphatic rings. The van der Waals surface area contributed by atoms with Gasteiger partial charge in [0, 0.05) is 13.1 Å². The normalized spacial score (nSPS) is 24.7. The lowest BCUT2D eigenvalue weighted by Crippen LogP contribution is -2.56. The van der Waals surface area contributed by atoms with Crippen molar-refractivity contribution in [3.05, 3.63) is 28.2 Å². The summed E-state index contributed by atoms with van der Waals surface area (Å²) in [5.41, 5.74) is -1.52. The maximum Gasteiger partial charge on any atom is 0.329 e. The van der Waals surface area contributed by atoms with Crippen molar-refractivity contribution in [2.24, 2.45) is 13.0 Å². The molecule has 120 valence electrons. The summed E-state index contributed by atoms with van der Waals surface area (Å²) in [6.45, 7) is 2.09. The third-order valence-electron chi connectivity index (χ3n) is 4.49. The standard InChI is InChI=1S/C15H21N3O4/c1-3-10-6-8-15(9-7-10,14(21)22)16-13(20)11-4-5-12(19)18(2)17-11/h4-5,10H,3,6-9H2,1-2H3,(H,16,20)(H,21,22). The highest BCUT2D eigenvalue weighted by Gasteiger charge is 2.43. The van der Waals surface area contributed by atoms with E-state index in [2.05, 4.69) is 17.3 Å². The zero-order valence-corrected chi connectivity index (χ0v) is 12.8. The highest BCUT2D eigenvalue weighted by atomic mass is 16.4. The van der Waals surface area contributed by atoms with Gasteiger partial charge in [-0.25, -0.2) is 9.48 Å². The molecule has 2 rings (SSSR count). The lowest BCUT2D eigenvalue weighted by atomic mass is 9.75. The molecule has 1 aromatic heterocycles. The van der Waals surface area contributed by atoms with Crippen LogP contribution >= 0.6 is 0 Å². The first kappa shape index (κ1) is 16.2. The number of aliphatic carboxylic acids is 1. The summed E-state index contributed by atoms with van der Waals surface area (Å²) in [4.78, 5) is 35.3. The molecule has 7 heteroatoms. The number of hydrogen-bond donors (Lipinski definition) is 2. The molecule has 0 aromatic carbocycles. The van der Waals surface area contributed by atoms with Crippen molar-refractivity contribution in [2.45, 2.75) is 44.6 Å². The van der Waals surface area contributed by atoms with Crippen molar-refractivity contribution in [3.63, 3.8) is 0 Å². The van der Waals surface area contributed by atoms with Gasteiger partial charge in [-0.1, -0.05) is 13.3 Å². The van der Waals surface area contributed by atoms with Crippen LogP contribution in [0, 0.1) is 5.92 Å². The lowest BCUT2D eigenvalue weighted by Gasteiger charge is -2.37. The molecule has 1 fully saturated rings. The highest BCUT2D eigenvalue weighted by molar-refractivity contribution is 5.96. The zero-order valence-electron chi connectivity index (χ0n) is 12.8. The van der Waals surface area contributed by atoms with E-state index in [1.165, 1.54) is 19.2 Å². The number of rotatable bonds is 4. The molecule has 1 saturated carbocycles. The van der Waals surface area contributed by atoms with Crippen LogP contribution in [0.4, 0.5) is 0 Å². The number of carbonyl (C=O) groups excluding carboxylic acids is 1. The number of hydrogen-bond acceptors (Lipinski definition) is 4. The van der Waals surface area contributed by atoms with E-state index in [1.807, 2.05) is 0 Å². The Morgan fingerprint density at radius 2 is 2.05 bits per heavy atom. The van der Waals surface area contributed by atoms with Crippen LogP contribution in [0.1, 0.15) is 49.5 Å². The molecule has 0 saturated heterocycles. The fraction of sp³-hybridized carbons (Fsp3) is 0.600. The molecule has 7 nitrogen and oxygen atoms in total. The predicted molar refractivity (Wildman–Crippen MR) is 79.6 cm³/mol. The van der Waals surface area contributed by atoms with E-state index in [0.717, 1.165) is 23.9 Å². The van der Waals surface area contributed by atoms with Crippen molar-refractivity contribution in [2.75, 3.05) is 0 Å². The van der Waals surface area contributed by atoms with E-state index < -0.39 is 17.4 Å². The minimum absolute atomic E-state index is 0.0420. The minimum atomic E-state index is -1.24. The van der Waals surface area contributed by atoms with Crippen LogP contribution < -0.4 is 10.9 Å². The molecule has 0 aliphatic heterocycles. The minimum Gasteiger partial charge on any atom is -0.480 e. The Morgan fingerprint density at radius 3 is 2.55 bits per heavy atom. The number of carboxylic acid groups (broad SMARTS) is 1. The van der Waals surface area contributed by atoms with Crippen molar-refractivity contribution in [3.8, 4) is 0 Å². The van der Waals surface area contributed by atoms with Crippen LogP contribution in [0.5, 0.6) is 0 Å². The molecule has 0 unspecified atom stereocenters. The monoisotopic (exact) mass is 307 g/mol. The Kier molecular flexibility index (Phi) is 4.63. The summed E-state index contributed by atoms with van der Waals surface area (Å²) in [6, 6.07) is 2.55. The summed E-state index contributed by atoms with van der Waals surface area (Å²) in [6.07, 6.45) is 3.41. The number of aryl methyl sites for hydroxylation is 1. The molecule has 1 amide bonds. The molecule has 1 heterocycles. The Labute approximate surface area is 128 Å². The second kappa shape index (κ2) is 6.29. The first-order chi connectivity index (χ1) is 10.4. The van der Waals surface area contributed by atoms with Crippen molar-refractivity contribution < 1.29 is 14.7 Å². The Bertz CT molecular complexity index is 630. The summed E-state index contributed by atoms with van der Waals surface area (Å²) in [5, 5.41) is 16.0. The number of nitrogens with one attached hydrogen (secondary N) is 1. The fourth-order valence-electron chi connectivity index (χ4n) is 2.88. The first-order valence-corrected chi connectivity index (χ1v) is 7.48. The van der Waals surface area contributed by atoms with Gasteiger partial charge in [0.25, 0.3) is 11.5 Å². The van der Waals surface area contributed by atoms with Crippen LogP contribution in [0.15, 0.2) is 16.9 Å². The second-order valence-electron chi connectivity index (χ2n) is 5.87. The van der Waals surface area contributed by atoms with Gasteiger partial charge in [-0.3, -0.25) is 9.59 Å². The van der Waals surface area contributed by atoms with E-state index in [1.54, 1.807) is 0 Å². The molecular formula is C15H21N3O4. The van der Waals surface area contributed by atoms with Gasteiger partial charge >= 0.3 is 5.97 Å². The van der Waals surface area contributed by atoms with Crippen molar-refractivity contribution >= 4 is 11.9 Å². The summed E-state index contributed by atoms with van der Waals surface area (Å²) in [7, 11) is 1.44. The zero-order chi connectivity index (χ0) is 16.3. The average molecular weight is 307 g/mol. The Balaban J connectivity index is 2.17. The van der Waals surface area contributed by atoms with Gasteiger partial charge in [0.2, 0.25) is 0 Å². The third-order valence-corrected chi connectivity index (χ3v) is 4.49. The topological polar surface area (TPSA) is 101 Å². The smallest absolute Gasteiger partial charge is 0.329 e. The molecular weight excluding hydrogens is 286 g/mol. The molecule has 0 bridgehead atoms. The first-order valence-electron chi connectivity index (χ1n) is 7.48. The number of amides is 1. The van der Waals surface area contributed by atoms with Crippen molar-refractivity contribution in [1.29, 1.82) is 0 Å². The quantitative estimate of drug-likeness (QED) is 0.862. The van der Waals surface area contributed by atoms with Crippen molar-refractivity contribution in [1.82, 2.24) is 15.1 Å². The maximum atomic E-state index is 12.3. The number of carboxylic acids is 1. The molecule has 0 spiro atoms. The molecule has 2 N–H and O–H groups in total. The Hall–Kier alpha value is -2.18. The molecule has 0 atom stereocenters. The number of carbonyl (C=O) groups is 2. The van der Waals surface area contributed by atoms with Gasteiger partial charge in [-0.2, -0.15) is 5.10 Å². The predicted octanol–water partition coefficient (Wildman–Crippen LogP) is 0.934. The summed E-state index contributed by atoms with van der Waals surface area (Å²) >= 11 is 0. The maximum absolute atomic E-state index is 12.3. The van der Waals surface area contributed by atoms with Gasteiger partial charge in [0.1, 0.15) is 11.2 Å². The van der Waals surface area contributed by atoms with Crippen LogP contribution in [0.25, 0.3) is 0 Å². The van der Waals surface area contributed by atoms with Gasteiger partial charge in [-0.05, 0) is 37.7 Å². The number of aromatic nitrogens is 2. The van der Waals surface area contributed by atoms with E-state index in [9.17, 15) is 19.5 Å². The highest BCUT2D eigenvalue weighted by Crippen LogP contribution is 2.34.